The highest BCUT2D eigenvalue weighted by Gasteiger charge is 2.11. The third-order valence-corrected chi connectivity index (χ3v) is 5.12. The first-order valence-corrected chi connectivity index (χ1v) is 9.88. The van der Waals surface area contributed by atoms with E-state index in [0.717, 1.165) is 56.3 Å². The molecule has 1 saturated heterocycles. The smallest absolute Gasteiger partial charge is 0.244 e. The molecular formula is C22H30N4O2. The van der Waals surface area contributed by atoms with E-state index < -0.39 is 0 Å². The van der Waals surface area contributed by atoms with Gasteiger partial charge in [0.15, 0.2) is 0 Å². The van der Waals surface area contributed by atoms with E-state index in [2.05, 4.69) is 46.5 Å². The highest BCUT2D eigenvalue weighted by atomic mass is 16.5. The second kappa shape index (κ2) is 9.66. The fourth-order valence-corrected chi connectivity index (χ4v) is 3.35. The van der Waals surface area contributed by atoms with Gasteiger partial charge in [-0.15, -0.1) is 0 Å². The van der Waals surface area contributed by atoms with Crippen molar-refractivity contribution >= 4 is 12.0 Å². The van der Waals surface area contributed by atoms with E-state index in [-0.39, 0.29) is 5.91 Å². The van der Waals surface area contributed by atoms with Crippen LogP contribution in [0.3, 0.4) is 0 Å². The largest absolute Gasteiger partial charge is 0.379 e. The molecule has 0 bridgehead atoms. The number of morpholine rings is 1. The van der Waals surface area contributed by atoms with Crippen LogP contribution in [0.1, 0.15) is 28.1 Å². The lowest BCUT2D eigenvalue weighted by Gasteiger charge is -2.26. The minimum absolute atomic E-state index is 0.0710. The Morgan fingerprint density at radius 1 is 1.18 bits per heavy atom. The van der Waals surface area contributed by atoms with Crippen LogP contribution in [0, 0.1) is 20.8 Å². The van der Waals surface area contributed by atoms with Crippen molar-refractivity contribution in [2.45, 2.75) is 27.3 Å². The molecule has 6 heteroatoms. The van der Waals surface area contributed by atoms with Crippen LogP contribution in [-0.2, 0) is 16.1 Å². The van der Waals surface area contributed by atoms with E-state index >= 15 is 0 Å². The standard InChI is InChI=1S/C22H30N4O2/c1-17-4-6-20(7-5-17)16-26-19(3)21(18(2)24-26)8-9-22(27)23-10-11-25-12-14-28-15-13-25/h4-9H,10-16H2,1-3H3,(H,23,27)/b9-8+. The minimum atomic E-state index is -0.0710. The monoisotopic (exact) mass is 382 g/mol. The summed E-state index contributed by atoms with van der Waals surface area (Å²) < 4.78 is 7.33. The molecule has 1 aliphatic rings. The van der Waals surface area contributed by atoms with Crippen LogP contribution < -0.4 is 5.32 Å². The Balaban J connectivity index is 1.54. The average molecular weight is 383 g/mol. The Labute approximate surface area is 167 Å². The van der Waals surface area contributed by atoms with Crippen molar-refractivity contribution in [3.63, 3.8) is 0 Å². The predicted molar refractivity (Wildman–Crippen MR) is 111 cm³/mol. The zero-order valence-electron chi connectivity index (χ0n) is 17.1. The SMILES string of the molecule is Cc1ccc(Cn2nc(C)c(/C=C/C(=O)NCCN3CCOCC3)c2C)cc1. The number of ether oxygens (including phenoxy) is 1. The molecule has 0 radical (unpaired) electrons. The summed E-state index contributed by atoms with van der Waals surface area (Å²) >= 11 is 0. The maximum absolute atomic E-state index is 12.1. The fourth-order valence-electron chi connectivity index (χ4n) is 3.35. The van der Waals surface area contributed by atoms with Crippen LogP contribution in [0.2, 0.25) is 0 Å². The molecule has 150 valence electrons. The zero-order chi connectivity index (χ0) is 19.9. The molecule has 6 nitrogen and oxygen atoms in total. The van der Waals surface area contributed by atoms with Gasteiger partial charge in [0, 0.05) is 43.5 Å². The van der Waals surface area contributed by atoms with Gasteiger partial charge in [-0.2, -0.15) is 5.10 Å². The Bertz CT molecular complexity index is 818. The number of carbonyl (C=O) groups is 1. The second-order valence-corrected chi connectivity index (χ2v) is 7.31. The molecule has 1 aromatic heterocycles. The summed E-state index contributed by atoms with van der Waals surface area (Å²) in [5.74, 6) is -0.0710. The third kappa shape index (κ3) is 5.53. The topological polar surface area (TPSA) is 59.4 Å². The van der Waals surface area contributed by atoms with Gasteiger partial charge in [-0.3, -0.25) is 14.4 Å². The molecule has 1 N–H and O–H groups in total. The van der Waals surface area contributed by atoms with Gasteiger partial charge >= 0.3 is 0 Å². The molecule has 1 amide bonds. The number of aryl methyl sites for hydroxylation is 2. The van der Waals surface area contributed by atoms with Gasteiger partial charge in [0.2, 0.25) is 5.91 Å². The first-order valence-electron chi connectivity index (χ1n) is 9.88. The lowest BCUT2D eigenvalue weighted by Crippen LogP contribution is -2.41. The molecule has 0 saturated carbocycles. The molecular weight excluding hydrogens is 352 g/mol. The van der Waals surface area contributed by atoms with E-state index in [4.69, 9.17) is 4.74 Å². The van der Waals surface area contributed by atoms with E-state index in [1.165, 1.54) is 11.1 Å². The highest BCUT2D eigenvalue weighted by Crippen LogP contribution is 2.16. The Morgan fingerprint density at radius 3 is 2.61 bits per heavy atom. The summed E-state index contributed by atoms with van der Waals surface area (Å²) in [6, 6.07) is 8.48. The van der Waals surface area contributed by atoms with Gasteiger partial charge in [-0.05, 0) is 32.4 Å². The first kappa shape index (κ1) is 20.3. The number of hydrogen-bond donors (Lipinski definition) is 1. The van der Waals surface area contributed by atoms with Crippen LogP contribution in [0.4, 0.5) is 0 Å². The number of amides is 1. The second-order valence-electron chi connectivity index (χ2n) is 7.31. The number of benzene rings is 1. The van der Waals surface area contributed by atoms with Gasteiger partial charge in [0.25, 0.3) is 0 Å². The van der Waals surface area contributed by atoms with Gasteiger partial charge in [-0.1, -0.05) is 29.8 Å². The summed E-state index contributed by atoms with van der Waals surface area (Å²) in [4.78, 5) is 14.4. The van der Waals surface area contributed by atoms with Crippen LogP contribution in [0.5, 0.6) is 0 Å². The number of nitrogens with zero attached hydrogens (tertiary/aromatic N) is 3. The van der Waals surface area contributed by atoms with Crippen molar-refractivity contribution in [2.24, 2.45) is 0 Å². The van der Waals surface area contributed by atoms with Crippen LogP contribution in [0.15, 0.2) is 30.3 Å². The minimum Gasteiger partial charge on any atom is -0.379 e. The van der Waals surface area contributed by atoms with Gasteiger partial charge in [0.05, 0.1) is 25.5 Å². The first-order chi connectivity index (χ1) is 13.5. The Kier molecular flexibility index (Phi) is 7.01. The highest BCUT2D eigenvalue weighted by molar-refractivity contribution is 5.92. The Morgan fingerprint density at radius 2 is 1.89 bits per heavy atom. The molecule has 28 heavy (non-hydrogen) atoms. The van der Waals surface area contributed by atoms with Crippen LogP contribution in [0.25, 0.3) is 6.08 Å². The number of aromatic nitrogens is 2. The molecule has 1 aliphatic heterocycles. The molecule has 1 aromatic carbocycles. The summed E-state index contributed by atoms with van der Waals surface area (Å²) in [7, 11) is 0. The van der Waals surface area contributed by atoms with Gasteiger partial charge < -0.3 is 10.1 Å². The lowest BCUT2D eigenvalue weighted by atomic mass is 10.1. The Hall–Kier alpha value is -2.44. The molecule has 0 aliphatic carbocycles. The molecule has 3 rings (SSSR count). The van der Waals surface area contributed by atoms with Crippen molar-refractivity contribution in [3.8, 4) is 0 Å². The maximum atomic E-state index is 12.1. The number of nitrogens with one attached hydrogen (secondary N) is 1. The van der Waals surface area contributed by atoms with Crippen molar-refractivity contribution in [1.82, 2.24) is 20.0 Å². The van der Waals surface area contributed by atoms with Crippen LogP contribution >= 0.6 is 0 Å². The van der Waals surface area contributed by atoms with E-state index in [0.29, 0.717) is 6.54 Å². The summed E-state index contributed by atoms with van der Waals surface area (Å²) in [5.41, 5.74) is 5.47. The lowest BCUT2D eigenvalue weighted by molar-refractivity contribution is -0.116. The summed E-state index contributed by atoms with van der Waals surface area (Å²) in [6.45, 7) is 11.8. The average Bonchev–Trinajstić information content (AvgIpc) is 2.96. The number of rotatable bonds is 7. The predicted octanol–water partition coefficient (Wildman–Crippen LogP) is 2.32. The molecule has 2 aromatic rings. The molecule has 2 heterocycles. The third-order valence-electron chi connectivity index (χ3n) is 5.12. The molecule has 1 fully saturated rings. The van der Waals surface area contributed by atoms with E-state index in [1.807, 2.05) is 24.6 Å². The number of carbonyl (C=O) groups excluding carboxylic acids is 1. The van der Waals surface area contributed by atoms with Crippen molar-refractivity contribution in [2.75, 3.05) is 39.4 Å². The summed E-state index contributed by atoms with van der Waals surface area (Å²) in [6.07, 6.45) is 3.47. The molecule has 0 unspecified atom stereocenters. The van der Waals surface area contributed by atoms with E-state index in [9.17, 15) is 4.79 Å². The van der Waals surface area contributed by atoms with Crippen LogP contribution in [-0.4, -0.2) is 60.0 Å². The maximum Gasteiger partial charge on any atom is 0.244 e. The van der Waals surface area contributed by atoms with Crippen molar-refractivity contribution in [3.05, 3.63) is 58.4 Å². The van der Waals surface area contributed by atoms with Gasteiger partial charge in [-0.25, -0.2) is 0 Å². The van der Waals surface area contributed by atoms with E-state index in [1.54, 1.807) is 6.08 Å². The molecule has 0 atom stereocenters. The zero-order valence-corrected chi connectivity index (χ0v) is 17.1. The quantitative estimate of drug-likeness (QED) is 0.747. The number of hydrogen-bond acceptors (Lipinski definition) is 4. The van der Waals surface area contributed by atoms with Crippen molar-refractivity contribution in [1.29, 1.82) is 0 Å². The van der Waals surface area contributed by atoms with Crippen molar-refractivity contribution < 1.29 is 9.53 Å². The summed E-state index contributed by atoms with van der Waals surface area (Å²) in [5, 5.41) is 7.60. The molecule has 0 spiro atoms. The van der Waals surface area contributed by atoms with Gasteiger partial charge in [0.1, 0.15) is 0 Å². The normalized spacial score (nSPS) is 15.2. The fraction of sp³-hybridized carbons (Fsp3) is 0.455.